The third-order valence-corrected chi connectivity index (χ3v) is 4.54. The number of methoxy groups -OCH3 is 1. The van der Waals surface area contributed by atoms with E-state index in [0.717, 1.165) is 11.7 Å². The minimum absolute atomic E-state index is 0.00294. The number of hydrogen-bond acceptors (Lipinski definition) is 4. The lowest BCUT2D eigenvalue weighted by molar-refractivity contribution is 0.196. The molecule has 1 aromatic carbocycles. The van der Waals surface area contributed by atoms with Gasteiger partial charge in [0.1, 0.15) is 6.61 Å². The Labute approximate surface area is 133 Å². The molecule has 4 nitrogen and oxygen atoms in total. The summed E-state index contributed by atoms with van der Waals surface area (Å²) < 4.78 is 10.9. The van der Waals surface area contributed by atoms with Gasteiger partial charge in [0, 0.05) is 12.1 Å². The van der Waals surface area contributed by atoms with Crippen molar-refractivity contribution < 1.29 is 14.6 Å². The van der Waals surface area contributed by atoms with E-state index in [4.69, 9.17) is 14.6 Å². The molecule has 1 unspecified atom stereocenters. The Balaban J connectivity index is 1.98. The molecular weight excluding hydrogens is 278 g/mol. The lowest BCUT2D eigenvalue weighted by Crippen LogP contribution is -2.34. The van der Waals surface area contributed by atoms with Gasteiger partial charge in [-0.15, -0.1) is 0 Å². The zero-order valence-corrected chi connectivity index (χ0v) is 14.0. The zero-order chi connectivity index (χ0) is 15.9. The Morgan fingerprint density at radius 2 is 1.95 bits per heavy atom. The van der Waals surface area contributed by atoms with E-state index in [1.807, 2.05) is 12.1 Å². The lowest BCUT2D eigenvalue weighted by Gasteiger charge is -2.30. The van der Waals surface area contributed by atoms with Crippen molar-refractivity contribution in [3.63, 3.8) is 0 Å². The summed E-state index contributed by atoms with van der Waals surface area (Å²) in [7, 11) is 1.64. The van der Waals surface area contributed by atoms with Gasteiger partial charge < -0.3 is 19.9 Å². The molecule has 22 heavy (non-hydrogen) atoms. The Morgan fingerprint density at radius 3 is 2.59 bits per heavy atom. The molecule has 2 rings (SSSR count). The van der Waals surface area contributed by atoms with Crippen LogP contribution in [0.3, 0.4) is 0 Å². The van der Waals surface area contributed by atoms with Crippen LogP contribution in [0.1, 0.15) is 51.1 Å². The van der Waals surface area contributed by atoms with Gasteiger partial charge in [-0.25, -0.2) is 0 Å². The van der Waals surface area contributed by atoms with Gasteiger partial charge in [0.15, 0.2) is 11.5 Å². The fraction of sp³-hybridized carbons (Fsp3) is 0.667. The molecule has 1 aromatic rings. The van der Waals surface area contributed by atoms with Crippen molar-refractivity contribution in [2.75, 3.05) is 20.3 Å². The first-order valence-electron chi connectivity index (χ1n) is 8.31. The van der Waals surface area contributed by atoms with Gasteiger partial charge >= 0.3 is 0 Å². The molecule has 0 amide bonds. The minimum atomic E-state index is 0.00294. The van der Waals surface area contributed by atoms with Crippen molar-refractivity contribution >= 4 is 0 Å². The summed E-state index contributed by atoms with van der Waals surface area (Å²) in [6.07, 6.45) is 5.17. The summed E-state index contributed by atoms with van der Waals surface area (Å²) in [4.78, 5) is 0. The largest absolute Gasteiger partial charge is 0.493 e. The van der Waals surface area contributed by atoms with Crippen molar-refractivity contribution in [1.29, 1.82) is 0 Å². The van der Waals surface area contributed by atoms with Crippen molar-refractivity contribution in [3.05, 3.63) is 23.8 Å². The van der Waals surface area contributed by atoms with Gasteiger partial charge in [0.25, 0.3) is 0 Å². The van der Waals surface area contributed by atoms with Crippen LogP contribution in [0.5, 0.6) is 11.5 Å². The second kappa shape index (κ2) is 8.39. The maximum atomic E-state index is 8.86. The number of aliphatic hydroxyl groups excluding tert-OH is 1. The smallest absolute Gasteiger partial charge is 0.161 e. The maximum absolute atomic E-state index is 8.86. The molecule has 0 radical (unpaired) electrons. The number of aliphatic hydroxyl groups is 1. The van der Waals surface area contributed by atoms with E-state index in [0.29, 0.717) is 17.8 Å². The summed E-state index contributed by atoms with van der Waals surface area (Å²) in [5.74, 6) is 2.27. The number of rotatable bonds is 7. The summed E-state index contributed by atoms with van der Waals surface area (Å²) in [5, 5.41) is 12.6. The SMILES string of the molecule is COc1cc(C(C)NC2CCC(C)CC2)ccc1OCCO. The normalized spacial score (nSPS) is 23.1. The molecule has 1 aliphatic rings. The number of nitrogens with one attached hydrogen (secondary N) is 1. The van der Waals surface area contributed by atoms with Gasteiger partial charge in [0.2, 0.25) is 0 Å². The molecule has 0 spiro atoms. The quantitative estimate of drug-likeness (QED) is 0.811. The molecule has 0 aliphatic heterocycles. The molecule has 4 heteroatoms. The Kier molecular flexibility index (Phi) is 6.52. The maximum Gasteiger partial charge on any atom is 0.161 e. The van der Waals surface area contributed by atoms with E-state index in [9.17, 15) is 0 Å². The molecule has 124 valence electrons. The molecule has 1 fully saturated rings. The Morgan fingerprint density at radius 1 is 1.23 bits per heavy atom. The van der Waals surface area contributed by atoms with Crippen LogP contribution >= 0.6 is 0 Å². The minimum Gasteiger partial charge on any atom is -0.493 e. The fourth-order valence-corrected chi connectivity index (χ4v) is 3.10. The molecule has 0 aromatic heterocycles. The van der Waals surface area contributed by atoms with Gasteiger partial charge in [-0.2, -0.15) is 0 Å². The average Bonchev–Trinajstić information content (AvgIpc) is 2.54. The summed E-state index contributed by atoms with van der Waals surface area (Å²) in [6.45, 7) is 4.82. The predicted molar refractivity (Wildman–Crippen MR) is 88.5 cm³/mol. The zero-order valence-electron chi connectivity index (χ0n) is 14.0. The molecule has 2 N–H and O–H groups in total. The van der Waals surface area contributed by atoms with E-state index in [-0.39, 0.29) is 13.2 Å². The summed E-state index contributed by atoms with van der Waals surface area (Å²) >= 11 is 0. The van der Waals surface area contributed by atoms with Gasteiger partial charge in [-0.05, 0) is 56.2 Å². The van der Waals surface area contributed by atoms with Crippen LogP contribution in [0.15, 0.2) is 18.2 Å². The highest BCUT2D eigenvalue weighted by atomic mass is 16.5. The van der Waals surface area contributed by atoms with Crippen LogP contribution in [0.4, 0.5) is 0 Å². The highest BCUT2D eigenvalue weighted by Crippen LogP contribution is 2.31. The van der Waals surface area contributed by atoms with Gasteiger partial charge in [-0.1, -0.05) is 13.0 Å². The van der Waals surface area contributed by atoms with E-state index in [1.165, 1.54) is 31.2 Å². The van der Waals surface area contributed by atoms with Crippen LogP contribution < -0.4 is 14.8 Å². The monoisotopic (exact) mass is 307 g/mol. The number of hydrogen-bond donors (Lipinski definition) is 2. The first-order chi connectivity index (χ1) is 10.6. The second-order valence-corrected chi connectivity index (χ2v) is 6.33. The Bertz CT molecular complexity index is 456. The van der Waals surface area contributed by atoms with Crippen LogP contribution in [-0.2, 0) is 0 Å². The number of ether oxygens (including phenoxy) is 2. The van der Waals surface area contributed by atoms with E-state index >= 15 is 0 Å². The molecular formula is C18H29NO3. The molecule has 0 saturated heterocycles. The first-order valence-corrected chi connectivity index (χ1v) is 8.31. The van der Waals surface area contributed by atoms with E-state index < -0.39 is 0 Å². The lowest BCUT2D eigenvalue weighted by atomic mass is 9.87. The topological polar surface area (TPSA) is 50.7 Å². The van der Waals surface area contributed by atoms with Gasteiger partial charge in [-0.3, -0.25) is 0 Å². The second-order valence-electron chi connectivity index (χ2n) is 6.33. The van der Waals surface area contributed by atoms with Crippen LogP contribution in [0.25, 0.3) is 0 Å². The Hall–Kier alpha value is -1.26. The highest BCUT2D eigenvalue weighted by molar-refractivity contribution is 5.43. The summed E-state index contributed by atoms with van der Waals surface area (Å²) in [5.41, 5.74) is 1.20. The summed E-state index contributed by atoms with van der Waals surface area (Å²) in [6, 6.07) is 6.92. The van der Waals surface area contributed by atoms with Crippen molar-refractivity contribution in [2.45, 2.75) is 51.6 Å². The van der Waals surface area contributed by atoms with Crippen LogP contribution in [-0.4, -0.2) is 31.5 Å². The predicted octanol–water partition coefficient (Wildman–Crippen LogP) is 3.30. The molecule has 0 bridgehead atoms. The highest BCUT2D eigenvalue weighted by Gasteiger charge is 2.20. The standard InChI is InChI=1S/C18H29NO3/c1-13-4-7-16(8-5-13)19-14(2)15-6-9-17(22-11-10-20)18(12-15)21-3/h6,9,12-14,16,19-20H,4-5,7-8,10-11H2,1-3H3. The third-order valence-electron chi connectivity index (χ3n) is 4.54. The van der Waals surface area contributed by atoms with E-state index in [1.54, 1.807) is 7.11 Å². The van der Waals surface area contributed by atoms with Gasteiger partial charge in [0.05, 0.1) is 13.7 Å². The van der Waals surface area contributed by atoms with Crippen molar-refractivity contribution in [2.24, 2.45) is 5.92 Å². The third kappa shape index (κ3) is 4.62. The number of benzene rings is 1. The van der Waals surface area contributed by atoms with Crippen molar-refractivity contribution in [1.82, 2.24) is 5.32 Å². The first kappa shape index (κ1) is 17.1. The molecule has 1 saturated carbocycles. The van der Waals surface area contributed by atoms with Crippen LogP contribution in [0.2, 0.25) is 0 Å². The fourth-order valence-electron chi connectivity index (χ4n) is 3.10. The average molecular weight is 307 g/mol. The molecule has 0 heterocycles. The molecule has 1 atom stereocenters. The van der Waals surface area contributed by atoms with Crippen molar-refractivity contribution in [3.8, 4) is 11.5 Å². The van der Waals surface area contributed by atoms with E-state index in [2.05, 4.69) is 25.2 Å². The van der Waals surface area contributed by atoms with Crippen LogP contribution in [0, 0.1) is 5.92 Å². The molecule has 1 aliphatic carbocycles.